The summed E-state index contributed by atoms with van der Waals surface area (Å²) in [6.07, 6.45) is 2.86. The van der Waals surface area contributed by atoms with Gasteiger partial charge in [0.05, 0.1) is 17.4 Å². The third kappa shape index (κ3) is 10.1. The first-order valence-corrected chi connectivity index (χ1v) is 12.8. The minimum Gasteiger partial charge on any atom is -0.480 e. The van der Waals surface area contributed by atoms with Crippen LogP contribution in [0.25, 0.3) is 0 Å². The van der Waals surface area contributed by atoms with Crippen LogP contribution in [0.1, 0.15) is 18.4 Å². The average Bonchev–Trinajstić information content (AvgIpc) is 2.89. The Balaban J connectivity index is 1.78. The number of carboxylic acids is 1. The lowest BCUT2D eigenvalue weighted by Crippen LogP contribution is -2.41. The first kappa shape index (κ1) is 27.4. The molecule has 2 aliphatic rings. The minimum atomic E-state index is -0.769. The molecule has 2 bridgehead atoms. The summed E-state index contributed by atoms with van der Waals surface area (Å²) in [5, 5.41) is 11.8. The molecule has 9 nitrogen and oxygen atoms in total. The van der Waals surface area contributed by atoms with E-state index in [2.05, 4.69) is 41.9 Å². The molecule has 2 fully saturated rings. The van der Waals surface area contributed by atoms with Gasteiger partial charge in [-0.2, -0.15) is 4.99 Å². The maximum absolute atomic E-state index is 11.4. The highest BCUT2D eigenvalue weighted by Gasteiger charge is 2.23. The minimum absolute atomic E-state index is 0.0879. The molecule has 3 rings (SSSR count). The van der Waals surface area contributed by atoms with E-state index in [1.165, 1.54) is 5.56 Å². The Morgan fingerprint density at radius 1 is 1.00 bits per heavy atom. The number of rotatable bonds is 8. The number of carboxylic acid groups (broad SMARTS) is 1. The number of nitrogens with zero attached hydrogens (tertiary/aromatic N) is 5. The van der Waals surface area contributed by atoms with Crippen LogP contribution in [0.3, 0.4) is 0 Å². The summed E-state index contributed by atoms with van der Waals surface area (Å²) in [5.41, 5.74) is 2.09. The number of aliphatic imine (C=N–C) groups is 1. The Hall–Kier alpha value is -2.20. The zero-order valence-corrected chi connectivity index (χ0v) is 21.2. The van der Waals surface area contributed by atoms with E-state index in [0.29, 0.717) is 19.1 Å². The summed E-state index contributed by atoms with van der Waals surface area (Å²) in [6, 6.07) is 8.21. The van der Waals surface area contributed by atoms with Crippen LogP contribution in [-0.2, 0) is 20.7 Å². The fourth-order valence-corrected chi connectivity index (χ4v) is 5.14. The van der Waals surface area contributed by atoms with Crippen LogP contribution in [0, 0.1) is 5.92 Å². The molecule has 3 unspecified atom stereocenters. The number of hydrogen-bond donors (Lipinski definition) is 1. The number of hydrogen-bond acceptors (Lipinski definition) is 9. The van der Waals surface area contributed by atoms with Crippen molar-refractivity contribution in [2.24, 2.45) is 10.9 Å². The van der Waals surface area contributed by atoms with E-state index in [1.807, 2.05) is 12.1 Å². The second-order valence-electron chi connectivity index (χ2n) is 9.43. The van der Waals surface area contributed by atoms with Gasteiger partial charge < -0.3 is 19.6 Å². The van der Waals surface area contributed by atoms with Crippen LogP contribution in [0.5, 0.6) is 0 Å². The highest BCUT2D eigenvalue weighted by atomic mass is 32.1. The fraction of sp³-hybridized carbons (Fsp3) is 0.640. The van der Waals surface area contributed by atoms with E-state index in [9.17, 15) is 14.7 Å². The Morgan fingerprint density at radius 3 is 2.23 bits per heavy atom. The fourth-order valence-electron chi connectivity index (χ4n) is 5.04. The summed E-state index contributed by atoms with van der Waals surface area (Å²) in [5.74, 6) is -0.326. The van der Waals surface area contributed by atoms with E-state index in [1.54, 1.807) is 0 Å². The Morgan fingerprint density at radius 2 is 1.63 bits per heavy atom. The number of aliphatic carboxylic acids is 1. The maximum Gasteiger partial charge on any atom is 0.317 e. The van der Waals surface area contributed by atoms with Crippen molar-refractivity contribution in [2.75, 3.05) is 78.7 Å². The highest BCUT2D eigenvalue weighted by molar-refractivity contribution is 7.78. The molecule has 3 atom stereocenters. The molecule has 2 saturated heterocycles. The van der Waals surface area contributed by atoms with Crippen LogP contribution >= 0.6 is 12.2 Å². The molecule has 0 saturated carbocycles. The van der Waals surface area contributed by atoms with Crippen LogP contribution in [0.15, 0.2) is 29.3 Å². The Labute approximate surface area is 213 Å². The number of carbonyl (C=O) groups is 2. The van der Waals surface area contributed by atoms with Crippen LogP contribution < -0.4 is 0 Å². The molecule has 0 aliphatic carbocycles. The highest BCUT2D eigenvalue weighted by Crippen LogP contribution is 2.19. The smallest absolute Gasteiger partial charge is 0.317 e. The topological polar surface area (TPSA) is 88.9 Å². The monoisotopic (exact) mass is 503 g/mol. The number of fused-ring (bicyclic) bond motifs is 4. The number of isothiocyanates is 1. The Kier molecular flexibility index (Phi) is 11.8. The van der Waals surface area contributed by atoms with Crippen LogP contribution in [-0.4, -0.2) is 121 Å². The molecular weight excluding hydrogens is 466 g/mol. The van der Waals surface area contributed by atoms with Crippen molar-refractivity contribution in [1.82, 2.24) is 19.6 Å². The lowest BCUT2D eigenvalue weighted by atomic mass is 9.97. The molecule has 1 N–H and O–H groups in total. The summed E-state index contributed by atoms with van der Waals surface area (Å²) < 4.78 is 5.06. The average molecular weight is 504 g/mol. The summed E-state index contributed by atoms with van der Waals surface area (Å²) in [6.45, 7) is 9.67. The zero-order chi connectivity index (χ0) is 24.9. The van der Waals surface area contributed by atoms with Crippen molar-refractivity contribution in [3.8, 4) is 0 Å². The lowest BCUT2D eigenvalue weighted by molar-refractivity contribution is -0.138. The SMILES string of the molecule is O=COCN1CCCN2CCN(CC(=O)O)CCCN(CC1)CC(Cc1ccc(N=C=S)cc1)C2. The van der Waals surface area contributed by atoms with E-state index in [0.717, 1.165) is 90.4 Å². The lowest BCUT2D eigenvalue weighted by Gasteiger charge is -2.31. The summed E-state index contributed by atoms with van der Waals surface area (Å²) in [7, 11) is 0. The summed E-state index contributed by atoms with van der Waals surface area (Å²) >= 11 is 4.71. The second-order valence-corrected chi connectivity index (χ2v) is 9.61. The number of thiocarbonyl (C=S) groups is 1. The van der Waals surface area contributed by atoms with Gasteiger partial charge in [-0.1, -0.05) is 12.1 Å². The van der Waals surface area contributed by atoms with Gasteiger partial charge in [0.25, 0.3) is 6.47 Å². The first-order chi connectivity index (χ1) is 17.1. The van der Waals surface area contributed by atoms with Crippen molar-refractivity contribution >= 4 is 35.5 Å². The largest absolute Gasteiger partial charge is 0.480 e. The Bertz CT molecular complexity index is 849. The van der Waals surface area contributed by atoms with Crippen LogP contribution in [0.4, 0.5) is 5.69 Å². The number of carbonyl (C=O) groups excluding carboxylic acids is 1. The molecule has 2 heterocycles. The van der Waals surface area contributed by atoms with Gasteiger partial charge in [0.2, 0.25) is 0 Å². The maximum atomic E-state index is 11.4. The predicted molar refractivity (Wildman–Crippen MR) is 138 cm³/mol. The van der Waals surface area contributed by atoms with E-state index >= 15 is 0 Å². The molecule has 35 heavy (non-hydrogen) atoms. The molecule has 0 radical (unpaired) electrons. The molecule has 0 aromatic heterocycles. The third-order valence-electron chi connectivity index (χ3n) is 6.71. The van der Waals surface area contributed by atoms with Gasteiger partial charge in [0.15, 0.2) is 0 Å². The van der Waals surface area contributed by atoms with Gasteiger partial charge in [-0.25, -0.2) is 0 Å². The van der Waals surface area contributed by atoms with Crippen molar-refractivity contribution < 1.29 is 19.4 Å². The van der Waals surface area contributed by atoms with E-state index in [-0.39, 0.29) is 6.54 Å². The predicted octanol–water partition coefficient (Wildman–Crippen LogP) is 1.81. The van der Waals surface area contributed by atoms with Gasteiger partial charge in [-0.15, -0.1) is 0 Å². The van der Waals surface area contributed by atoms with Crippen molar-refractivity contribution in [1.29, 1.82) is 0 Å². The molecule has 192 valence electrons. The first-order valence-electron chi connectivity index (χ1n) is 12.4. The number of ether oxygens (including phenoxy) is 1. The van der Waals surface area contributed by atoms with E-state index < -0.39 is 5.97 Å². The van der Waals surface area contributed by atoms with Gasteiger partial charge in [0.1, 0.15) is 6.73 Å². The molecule has 2 aliphatic heterocycles. The molecule has 10 heteroatoms. The summed E-state index contributed by atoms with van der Waals surface area (Å²) in [4.78, 5) is 35.4. The zero-order valence-electron chi connectivity index (χ0n) is 20.4. The quantitative estimate of drug-likeness (QED) is 0.324. The van der Waals surface area contributed by atoms with Crippen LogP contribution in [0.2, 0.25) is 0 Å². The number of benzene rings is 1. The van der Waals surface area contributed by atoms with Crippen molar-refractivity contribution in [3.05, 3.63) is 29.8 Å². The second kappa shape index (κ2) is 15.0. The van der Waals surface area contributed by atoms with Crippen molar-refractivity contribution in [3.63, 3.8) is 0 Å². The molecule has 0 amide bonds. The van der Waals surface area contributed by atoms with Crippen molar-refractivity contribution in [2.45, 2.75) is 19.3 Å². The standard InChI is InChI=1S/C25H37N5O4S/c31-21-34-20-30-10-2-8-27-11-12-29(18-25(32)33)9-1-7-28(13-14-30)17-23(16-27)15-22-3-5-24(6-4-22)26-19-35/h3-6,21,23H,1-2,7-18,20H2,(H,32,33). The molecular formula is C25H37N5O4S. The van der Waals surface area contributed by atoms with Gasteiger partial charge in [0, 0.05) is 52.4 Å². The third-order valence-corrected chi connectivity index (χ3v) is 6.81. The molecule has 1 aromatic rings. The molecule has 1 aromatic carbocycles. The van der Waals surface area contributed by atoms with E-state index in [4.69, 9.17) is 17.0 Å². The normalized spacial score (nSPS) is 25.1. The van der Waals surface area contributed by atoms with Gasteiger partial charge in [-0.3, -0.25) is 19.4 Å². The van der Waals surface area contributed by atoms with Gasteiger partial charge in [-0.05, 0) is 68.2 Å². The molecule has 0 spiro atoms. The van der Waals surface area contributed by atoms with Gasteiger partial charge >= 0.3 is 5.97 Å².